The number of aromatic nitrogens is 2. The van der Waals surface area contributed by atoms with Crippen molar-refractivity contribution in [3.05, 3.63) is 77.2 Å². The van der Waals surface area contributed by atoms with E-state index in [4.69, 9.17) is 5.73 Å². The summed E-state index contributed by atoms with van der Waals surface area (Å²) in [6.45, 7) is 1.80. The number of nitrogens with zero attached hydrogens (tertiary/aromatic N) is 2. The Morgan fingerprint density at radius 3 is 2.40 bits per heavy atom. The fourth-order valence-electron chi connectivity index (χ4n) is 2.38. The molecular formula is C18H15FN4O2. The van der Waals surface area contributed by atoms with Crippen LogP contribution >= 0.6 is 0 Å². The third-order valence-electron chi connectivity index (χ3n) is 3.61. The van der Waals surface area contributed by atoms with Crippen LogP contribution in [0.2, 0.25) is 0 Å². The average molecular weight is 338 g/mol. The lowest BCUT2D eigenvalue weighted by atomic mass is 10.1. The molecule has 0 radical (unpaired) electrons. The summed E-state index contributed by atoms with van der Waals surface area (Å²) in [6, 6.07) is 13.7. The molecule has 2 amide bonds. The summed E-state index contributed by atoms with van der Waals surface area (Å²) in [5.41, 5.74) is 7.16. The van der Waals surface area contributed by atoms with Crippen molar-refractivity contribution in [2.24, 2.45) is 5.73 Å². The van der Waals surface area contributed by atoms with Gasteiger partial charge in [0, 0.05) is 22.9 Å². The van der Waals surface area contributed by atoms with Crippen molar-refractivity contribution < 1.29 is 14.0 Å². The highest BCUT2D eigenvalue weighted by Gasteiger charge is 2.12. The minimum absolute atomic E-state index is 0.322. The molecule has 0 bridgehead atoms. The first-order valence-electron chi connectivity index (χ1n) is 7.48. The predicted molar refractivity (Wildman–Crippen MR) is 91.2 cm³/mol. The Labute approximate surface area is 143 Å². The van der Waals surface area contributed by atoms with Gasteiger partial charge in [0.05, 0.1) is 5.69 Å². The normalized spacial score (nSPS) is 10.5. The maximum Gasteiger partial charge on any atom is 0.256 e. The molecule has 0 saturated heterocycles. The Morgan fingerprint density at radius 1 is 1.08 bits per heavy atom. The van der Waals surface area contributed by atoms with E-state index in [1.807, 2.05) is 0 Å². The molecule has 0 spiro atoms. The number of anilines is 1. The van der Waals surface area contributed by atoms with Crippen molar-refractivity contribution in [1.82, 2.24) is 9.78 Å². The first-order chi connectivity index (χ1) is 11.9. The van der Waals surface area contributed by atoms with Gasteiger partial charge in [0.2, 0.25) is 5.91 Å². The van der Waals surface area contributed by atoms with E-state index >= 15 is 0 Å². The molecule has 7 heteroatoms. The van der Waals surface area contributed by atoms with Gasteiger partial charge < -0.3 is 11.1 Å². The summed E-state index contributed by atoms with van der Waals surface area (Å²) in [7, 11) is 0. The Hall–Kier alpha value is -3.48. The molecular weight excluding hydrogens is 323 g/mol. The second-order valence-electron chi connectivity index (χ2n) is 5.46. The van der Waals surface area contributed by atoms with Crippen LogP contribution < -0.4 is 11.1 Å². The highest BCUT2D eigenvalue weighted by molar-refractivity contribution is 6.04. The van der Waals surface area contributed by atoms with Crippen molar-refractivity contribution in [1.29, 1.82) is 0 Å². The van der Waals surface area contributed by atoms with Crippen molar-refractivity contribution in [3.8, 4) is 5.69 Å². The standard InChI is InChI=1S/C18H15FN4O2/c1-11-9-16(22-23(11)15-4-2-3-14(19)10-15)21-18(25)13-7-5-12(6-8-13)17(20)24/h2-10H,1H3,(H2,20,24)(H,21,22,25). The van der Waals surface area contributed by atoms with Gasteiger partial charge in [-0.25, -0.2) is 9.07 Å². The zero-order valence-corrected chi connectivity index (χ0v) is 13.4. The predicted octanol–water partition coefficient (Wildman–Crippen LogP) is 2.67. The van der Waals surface area contributed by atoms with Crippen LogP contribution in [0.25, 0.3) is 5.69 Å². The highest BCUT2D eigenvalue weighted by atomic mass is 19.1. The van der Waals surface area contributed by atoms with Crippen molar-refractivity contribution >= 4 is 17.6 Å². The molecule has 3 rings (SSSR count). The quantitative estimate of drug-likeness (QED) is 0.766. The van der Waals surface area contributed by atoms with Gasteiger partial charge in [-0.05, 0) is 49.4 Å². The number of amides is 2. The van der Waals surface area contributed by atoms with Crippen LogP contribution in [0.1, 0.15) is 26.4 Å². The number of carbonyl (C=O) groups excluding carboxylic acids is 2. The lowest BCUT2D eigenvalue weighted by Crippen LogP contribution is -2.14. The zero-order valence-electron chi connectivity index (χ0n) is 13.4. The van der Waals surface area contributed by atoms with Crippen molar-refractivity contribution in [3.63, 3.8) is 0 Å². The Morgan fingerprint density at radius 2 is 1.76 bits per heavy atom. The van der Waals surface area contributed by atoms with E-state index in [9.17, 15) is 14.0 Å². The van der Waals surface area contributed by atoms with Gasteiger partial charge in [0.25, 0.3) is 5.91 Å². The Kier molecular flexibility index (Phi) is 4.30. The van der Waals surface area contributed by atoms with E-state index in [1.54, 1.807) is 25.1 Å². The summed E-state index contributed by atoms with van der Waals surface area (Å²) in [5, 5.41) is 6.95. The molecule has 3 aromatic rings. The third kappa shape index (κ3) is 3.55. The monoisotopic (exact) mass is 338 g/mol. The number of nitrogens with two attached hydrogens (primary N) is 1. The molecule has 0 fully saturated rings. The maximum absolute atomic E-state index is 13.4. The largest absolute Gasteiger partial charge is 0.366 e. The van der Waals surface area contributed by atoms with Gasteiger partial charge in [-0.15, -0.1) is 5.10 Å². The second kappa shape index (κ2) is 6.56. The molecule has 0 aliphatic carbocycles. The fraction of sp³-hybridized carbons (Fsp3) is 0.0556. The van der Waals surface area contributed by atoms with E-state index in [0.29, 0.717) is 22.6 Å². The van der Waals surface area contributed by atoms with Gasteiger partial charge in [-0.2, -0.15) is 0 Å². The van der Waals surface area contributed by atoms with Crippen LogP contribution in [0.3, 0.4) is 0 Å². The van der Waals surface area contributed by atoms with Crippen LogP contribution in [0.5, 0.6) is 0 Å². The average Bonchev–Trinajstić information content (AvgIpc) is 2.95. The van der Waals surface area contributed by atoms with E-state index in [0.717, 1.165) is 5.69 Å². The molecule has 0 aliphatic rings. The van der Waals surface area contributed by atoms with Gasteiger partial charge in [0.15, 0.2) is 5.82 Å². The van der Waals surface area contributed by atoms with Crippen LogP contribution in [-0.2, 0) is 0 Å². The van der Waals surface area contributed by atoms with Crippen LogP contribution in [0.15, 0.2) is 54.6 Å². The Bertz CT molecular complexity index is 948. The molecule has 3 N–H and O–H groups in total. The number of carbonyl (C=O) groups is 2. The van der Waals surface area contributed by atoms with E-state index < -0.39 is 5.91 Å². The highest BCUT2D eigenvalue weighted by Crippen LogP contribution is 2.17. The van der Waals surface area contributed by atoms with Gasteiger partial charge in [-0.3, -0.25) is 9.59 Å². The first-order valence-corrected chi connectivity index (χ1v) is 7.48. The van der Waals surface area contributed by atoms with Gasteiger partial charge in [-0.1, -0.05) is 6.07 Å². The first kappa shape index (κ1) is 16.4. The molecule has 0 saturated carbocycles. The lowest BCUT2D eigenvalue weighted by Gasteiger charge is -2.04. The summed E-state index contributed by atoms with van der Waals surface area (Å²) in [4.78, 5) is 23.3. The molecule has 1 heterocycles. The third-order valence-corrected chi connectivity index (χ3v) is 3.61. The summed E-state index contributed by atoms with van der Waals surface area (Å²) in [6.07, 6.45) is 0. The smallest absolute Gasteiger partial charge is 0.256 e. The molecule has 2 aromatic carbocycles. The number of hydrogen-bond donors (Lipinski definition) is 2. The minimum Gasteiger partial charge on any atom is -0.366 e. The van der Waals surface area contributed by atoms with Crippen molar-refractivity contribution in [2.45, 2.75) is 6.92 Å². The number of primary amides is 1. The second-order valence-corrected chi connectivity index (χ2v) is 5.46. The number of rotatable bonds is 4. The SMILES string of the molecule is Cc1cc(NC(=O)c2ccc(C(N)=O)cc2)nn1-c1cccc(F)c1. The zero-order chi connectivity index (χ0) is 18.0. The van der Waals surface area contributed by atoms with Gasteiger partial charge in [0.1, 0.15) is 5.82 Å². The molecule has 1 aromatic heterocycles. The number of hydrogen-bond acceptors (Lipinski definition) is 3. The Balaban J connectivity index is 1.80. The molecule has 0 unspecified atom stereocenters. The topological polar surface area (TPSA) is 90.0 Å². The van der Waals surface area contributed by atoms with Crippen LogP contribution in [-0.4, -0.2) is 21.6 Å². The molecule has 0 aliphatic heterocycles. The summed E-state index contributed by atoms with van der Waals surface area (Å²) < 4.78 is 14.9. The maximum atomic E-state index is 13.4. The van der Waals surface area contributed by atoms with Gasteiger partial charge >= 0.3 is 0 Å². The number of nitrogens with one attached hydrogen (secondary N) is 1. The van der Waals surface area contributed by atoms with E-state index in [1.165, 1.54) is 41.1 Å². The molecule has 25 heavy (non-hydrogen) atoms. The fourth-order valence-corrected chi connectivity index (χ4v) is 2.38. The number of benzene rings is 2. The number of halogens is 1. The molecule has 6 nitrogen and oxygen atoms in total. The van der Waals surface area contributed by atoms with E-state index in [2.05, 4.69) is 10.4 Å². The van der Waals surface area contributed by atoms with E-state index in [-0.39, 0.29) is 11.7 Å². The molecule has 126 valence electrons. The minimum atomic E-state index is -0.559. The molecule has 0 atom stereocenters. The van der Waals surface area contributed by atoms with Crippen LogP contribution in [0, 0.1) is 12.7 Å². The summed E-state index contributed by atoms with van der Waals surface area (Å²) in [5.74, 6) is -0.963. The number of aryl methyl sites for hydroxylation is 1. The van der Waals surface area contributed by atoms with Crippen LogP contribution in [0.4, 0.5) is 10.2 Å². The summed E-state index contributed by atoms with van der Waals surface area (Å²) >= 11 is 0. The van der Waals surface area contributed by atoms with Crippen molar-refractivity contribution in [2.75, 3.05) is 5.32 Å². The lowest BCUT2D eigenvalue weighted by molar-refractivity contribution is 0.0995.